The quantitative estimate of drug-likeness (QED) is 0.819. The molecule has 3 rings (SSSR count). The maximum absolute atomic E-state index is 11.4. The van der Waals surface area contributed by atoms with Crippen LogP contribution in [-0.4, -0.2) is 35.3 Å². The Kier molecular flexibility index (Phi) is 3.67. The van der Waals surface area contributed by atoms with E-state index in [0.29, 0.717) is 11.3 Å². The van der Waals surface area contributed by atoms with Crippen LogP contribution in [0.3, 0.4) is 0 Å². The van der Waals surface area contributed by atoms with Crippen molar-refractivity contribution in [3.05, 3.63) is 40.2 Å². The highest BCUT2D eigenvalue weighted by Gasteiger charge is 2.33. The van der Waals surface area contributed by atoms with Crippen molar-refractivity contribution in [2.45, 2.75) is 31.8 Å². The molecule has 6 heteroatoms. The van der Waals surface area contributed by atoms with Crippen LogP contribution >= 0.6 is 0 Å². The number of benzene rings is 1. The van der Waals surface area contributed by atoms with Gasteiger partial charge in [-0.1, -0.05) is 0 Å². The second kappa shape index (κ2) is 5.48. The molecule has 112 valence electrons. The third kappa shape index (κ3) is 2.92. The van der Waals surface area contributed by atoms with Gasteiger partial charge in [-0.25, -0.2) is 4.79 Å². The summed E-state index contributed by atoms with van der Waals surface area (Å²) in [6.45, 7) is 1.95. The van der Waals surface area contributed by atoms with Crippen molar-refractivity contribution in [1.82, 2.24) is 0 Å². The van der Waals surface area contributed by atoms with Gasteiger partial charge in [0.05, 0.1) is 6.10 Å². The lowest BCUT2D eigenvalue weighted by atomic mass is 10.1. The van der Waals surface area contributed by atoms with Gasteiger partial charge in [-0.05, 0) is 24.6 Å². The summed E-state index contributed by atoms with van der Waals surface area (Å²) in [6, 6.07) is 6.63. The highest BCUT2D eigenvalue weighted by atomic mass is 16.6. The average Bonchev–Trinajstić information content (AvgIpc) is 2.74. The molecule has 1 aromatic carbocycles. The molecule has 21 heavy (non-hydrogen) atoms. The van der Waals surface area contributed by atoms with E-state index in [9.17, 15) is 15.0 Å². The lowest BCUT2D eigenvalue weighted by Crippen LogP contribution is -2.28. The van der Waals surface area contributed by atoms with Gasteiger partial charge >= 0.3 is 5.63 Å². The van der Waals surface area contributed by atoms with Crippen molar-refractivity contribution in [3.8, 4) is 5.75 Å². The molecular formula is C15H16O6. The van der Waals surface area contributed by atoms with E-state index in [2.05, 4.69) is 0 Å². The van der Waals surface area contributed by atoms with E-state index in [4.69, 9.17) is 13.9 Å². The number of hydrogen-bond acceptors (Lipinski definition) is 6. The molecule has 1 unspecified atom stereocenters. The predicted octanol–water partition coefficient (Wildman–Crippen LogP) is 0.948. The van der Waals surface area contributed by atoms with Gasteiger partial charge in [-0.15, -0.1) is 0 Å². The molecule has 3 atom stereocenters. The van der Waals surface area contributed by atoms with E-state index in [-0.39, 0.29) is 13.0 Å². The summed E-state index contributed by atoms with van der Waals surface area (Å²) in [6.07, 6.45) is -2.09. The normalized spacial score (nSPS) is 25.4. The number of fused-ring (bicyclic) bond motifs is 1. The van der Waals surface area contributed by atoms with Crippen LogP contribution in [0.4, 0.5) is 0 Å². The monoisotopic (exact) mass is 292 g/mol. The van der Waals surface area contributed by atoms with Gasteiger partial charge < -0.3 is 24.1 Å². The predicted molar refractivity (Wildman–Crippen MR) is 74.2 cm³/mol. The third-order valence-corrected chi connectivity index (χ3v) is 3.54. The summed E-state index contributed by atoms with van der Waals surface area (Å²) in [5.41, 5.74) is 0.880. The molecule has 0 amide bonds. The first-order valence-electron chi connectivity index (χ1n) is 6.72. The molecule has 1 aliphatic heterocycles. The molecule has 1 aromatic heterocycles. The van der Waals surface area contributed by atoms with Gasteiger partial charge in [0.2, 0.25) is 0 Å². The second-order valence-electron chi connectivity index (χ2n) is 5.15. The standard InChI is InChI=1S/C15H16O6/c1-8-4-14(17)20-12-5-9(2-3-10(8)12)19-7-13-11(16)6-15(18)21-13/h2-5,11,13,15-16,18H,6-7H2,1H3/t11-,13+,15?/m0/s1. The van der Waals surface area contributed by atoms with Gasteiger partial charge in [-0.2, -0.15) is 0 Å². The molecule has 2 heterocycles. The topological polar surface area (TPSA) is 89.1 Å². The summed E-state index contributed by atoms with van der Waals surface area (Å²) in [5.74, 6) is 0.508. The lowest BCUT2D eigenvalue weighted by Gasteiger charge is -2.15. The highest BCUT2D eigenvalue weighted by Crippen LogP contribution is 2.24. The van der Waals surface area contributed by atoms with Crippen molar-refractivity contribution in [1.29, 1.82) is 0 Å². The summed E-state index contributed by atoms with van der Waals surface area (Å²) >= 11 is 0. The van der Waals surface area contributed by atoms with Crippen molar-refractivity contribution < 1.29 is 24.1 Å². The second-order valence-corrected chi connectivity index (χ2v) is 5.15. The van der Waals surface area contributed by atoms with E-state index < -0.39 is 24.1 Å². The number of aliphatic hydroxyl groups excluding tert-OH is 2. The summed E-state index contributed by atoms with van der Waals surface area (Å²) < 4.78 is 15.8. The van der Waals surface area contributed by atoms with E-state index >= 15 is 0 Å². The van der Waals surface area contributed by atoms with Crippen LogP contribution in [0, 0.1) is 6.92 Å². The first kappa shape index (κ1) is 14.1. The van der Waals surface area contributed by atoms with Crippen molar-refractivity contribution in [2.75, 3.05) is 6.61 Å². The maximum Gasteiger partial charge on any atom is 0.336 e. The molecule has 0 spiro atoms. The average molecular weight is 292 g/mol. The Morgan fingerprint density at radius 2 is 2.14 bits per heavy atom. The summed E-state index contributed by atoms with van der Waals surface area (Å²) in [4.78, 5) is 11.4. The van der Waals surface area contributed by atoms with Crippen molar-refractivity contribution in [3.63, 3.8) is 0 Å². The number of rotatable bonds is 3. The molecular weight excluding hydrogens is 276 g/mol. The molecule has 1 saturated heterocycles. The van der Waals surface area contributed by atoms with Crippen LogP contribution in [0.25, 0.3) is 11.0 Å². The van der Waals surface area contributed by atoms with Gasteiger partial charge in [-0.3, -0.25) is 0 Å². The SMILES string of the molecule is Cc1cc(=O)oc2cc(OC[C@H]3OC(O)C[C@@H]3O)ccc12. The number of aliphatic hydroxyl groups is 2. The highest BCUT2D eigenvalue weighted by molar-refractivity contribution is 5.81. The summed E-state index contributed by atoms with van der Waals surface area (Å²) in [7, 11) is 0. The molecule has 0 bridgehead atoms. The van der Waals surface area contributed by atoms with E-state index in [0.717, 1.165) is 10.9 Å². The largest absolute Gasteiger partial charge is 0.491 e. The van der Waals surface area contributed by atoms with Crippen LogP contribution in [0.2, 0.25) is 0 Å². The minimum Gasteiger partial charge on any atom is -0.491 e. The van der Waals surface area contributed by atoms with Crippen molar-refractivity contribution >= 4 is 11.0 Å². The van der Waals surface area contributed by atoms with Crippen LogP contribution in [-0.2, 0) is 4.74 Å². The Hall–Kier alpha value is -1.89. The first-order valence-corrected chi connectivity index (χ1v) is 6.72. The zero-order valence-corrected chi connectivity index (χ0v) is 11.5. The van der Waals surface area contributed by atoms with Gasteiger partial charge in [0.1, 0.15) is 24.0 Å². The molecule has 1 aliphatic rings. The number of hydrogen-bond donors (Lipinski definition) is 2. The Morgan fingerprint density at radius 1 is 1.33 bits per heavy atom. The van der Waals surface area contributed by atoms with Crippen LogP contribution in [0.1, 0.15) is 12.0 Å². The fraction of sp³-hybridized carbons (Fsp3) is 0.400. The minimum atomic E-state index is -0.953. The van der Waals surface area contributed by atoms with Gasteiger partial charge in [0.15, 0.2) is 6.29 Å². The van der Waals surface area contributed by atoms with Crippen LogP contribution < -0.4 is 10.4 Å². The van der Waals surface area contributed by atoms with E-state index in [1.54, 1.807) is 12.1 Å². The molecule has 2 aromatic rings. The third-order valence-electron chi connectivity index (χ3n) is 3.54. The number of aryl methyl sites for hydroxylation is 1. The van der Waals surface area contributed by atoms with Gasteiger partial charge in [0, 0.05) is 23.9 Å². The molecule has 2 N–H and O–H groups in total. The van der Waals surface area contributed by atoms with Crippen LogP contribution in [0.15, 0.2) is 33.5 Å². The molecule has 0 saturated carbocycles. The first-order chi connectivity index (χ1) is 10.0. The van der Waals surface area contributed by atoms with E-state index in [1.807, 2.05) is 13.0 Å². The fourth-order valence-corrected chi connectivity index (χ4v) is 2.43. The Morgan fingerprint density at radius 3 is 2.86 bits per heavy atom. The zero-order chi connectivity index (χ0) is 15.0. The molecule has 0 radical (unpaired) electrons. The lowest BCUT2D eigenvalue weighted by molar-refractivity contribution is -0.104. The Bertz CT molecular complexity index is 707. The van der Waals surface area contributed by atoms with Crippen LogP contribution in [0.5, 0.6) is 5.75 Å². The van der Waals surface area contributed by atoms with Gasteiger partial charge in [0.25, 0.3) is 0 Å². The maximum atomic E-state index is 11.4. The van der Waals surface area contributed by atoms with Crippen molar-refractivity contribution in [2.24, 2.45) is 0 Å². The van der Waals surface area contributed by atoms with E-state index in [1.165, 1.54) is 6.07 Å². The Labute approximate surface area is 120 Å². The number of ether oxygens (including phenoxy) is 2. The zero-order valence-electron chi connectivity index (χ0n) is 11.5. The summed E-state index contributed by atoms with van der Waals surface area (Å²) in [5, 5.41) is 19.8. The fourth-order valence-electron chi connectivity index (χ4n) is 2.43. The molecule has 0 aliphatic carbocycles. The molecule has 1 fully saturated rings. The Balaban J connectivity index is 1.77. The minimum absolute atomic E-state index is 0.111. The molecule has 6 nitrogen and oxygen atoms in total. The smallest absolute Gasteiger partial charge is 0.336 e.